The Hall–Kier alpha value is -1.07. The van der Waals surface area contributed by atoms with Gasteiger partial charge in [0.1, 0.15) is 10.6 Å². The van der Waals surface area contributed by atoms with E-state index in [1.54, 1.807) is 0 Å². The Morgan fingerprint density at radius 2 is 1.29 bits per heavy atom. The lowest BCUT2D eigenvalue weighted by atomic mass is 9.80. The molecule has 5 heteroatoms. The van der Waals surface area contributed by atoms with Gasteiger partial charge in [-0.05, 0) is 42.4 Å². The van der Waals surface area contributed by atoms with E-state index in [9.17, 15) is 8.42 Å². The van der Waals surface area contributed by atoms with E-state index in [0.717, 1.165) is 44.1 Å². The molecule has 1 rings (SSSR count). The van der Waals surface area contributed by atoms with Crippen LogP contribution >= 0.6 is 0 Å². The average Bonchev–Trinajstić information content (AvgIpc) is 2.82. The molecule has 1 aromatic carbocycles. The number of unbranched alkanes of at least 4 members (excludes halogenated alkanes) is 12. The summed E-state index contributed by atoms with van der Waals surface area (Å²) in [6.07, 6.45) is 19.1. The molecule has 35 heavy (non-hydrogen) atoms. The highest BCUT2D eigenvalue weighted by molar-refractivity contribution is 7.89. The number of sulfonamides is 1. The molecule has 0 heterocycles. The zero-order valence-electron chi connectivity index (χ0n) is 23.6. The van der Waals surface area contributed by atoms with E-state index in [2.05, 4.69) is 45.4 Å². The van der Waals surface area contributed by atoms with Crippen molar-refractivity contribution in [2.75, 3.05) is 13.2 Å². The maximum absolute atomic E-state index is 13.2. The monoisotopic (exact) mass is 509 g/mol. The van der Waals surface area contributed by atoms with Crippen LogP contribution in [0, 0.1) is 0 Å². The second-order valence-corrected chi connectivity index (χ2v) is 12.5. The SMILES string of the molecule is CCCCCCCCCCCCOc1ccc(C(C)(C)CCCCC)cc1S(=O)(=O)NCCCC. The molecule has 0 aliphatic rings. The van der Waals surface area contributed by atoms with Crippen molar-refractivity contribution in [3.8, 4) is 5.75 Å². The summed E-state index contributed by atoms with van der Waals surface area (Å²) in [4.78, 5) is 0.293. The molecule has 0 radical (unpaired) electrons. The molecule has 0 atom stereocenters. The molecule has 1 N–H and O–H groups in total. The van der Waals surface area contributed by atoms with Crippen molar-refractivity contribution in [2.45, 2.75) is 148 Å². The third kappa shape index (κ3) is 13.2. The lowest BCUT2D eigenvalue weighted by Gasteiger charge is -2.26. The van der Waals surface area contributed by atoms with E-state index < -0.39 is 10.0 Å². The third-order valence-electron chi connectivity index (χ3n) is 7.00. The van der Waals surface area contributed by atoms with Crippen LogP contribution < -0.4 is 9.46 Å². The zero-order valence-corrected chi connectivity index (χ0v) is 24.4. The van der Waals surface area contributed by atoms with Crippen LogP contribution in [0.5, 0.6) is 5.75 Å². The van der Waals surface area contributed by atoms with Crippen molar-refractivity contribution in [1.82, 2.24) is 4.72 Å². The van der Waals surface area contributed by atoms with Crippen LogP contribution in [0.3, 0.4) is 0 Å². The van der Waals surface area contributed by atoms with Gasteiger partial charge < -0.3 is 4.74 Å². The normalized spacial score (nSPS) is 12.3. The van der Waals surface area contributed by atoms with E-state index in [0.29, 0.717) is 23.8 Å². The summed E-state index contributed by atoms with van der Waals surface area (Å²) in [7, 11) is -3.61. The smallest absolute Gasteiger partial charge is 0.244 e. The minimum absolute atomic E-state index is 0.0715. The Morgan fingerprint density at radius 3 is 1.89 bits per heavy atom. The maximum Gasteiger partial charge on any atom is 0.244 e. The average molecular weight is 510 g/mol. The Balaban J connectivity index is 2.72. The summed E-state index contributed by atoms with van der Waals surface area (Å²) >= 11 is 0. The van der Waals surface area contributed by atoms with Gasteiger partial charge in [0.25, 0.3) is 0 Å². The summed E-state index contributed by atoms with van der Waals surface area (Å²) in [5, 5.41) is 0. The number of benzene rings is 1. The largest absolute Gasteiger partial charge is 0.492 e. The summed E-state index contributed by atoms with van der Waals surface area (Å²) in [5.74, 6) is 0.484. The summed E-state index contributed by atoms with van der Waals surface area (Å²) in [6, 6.07) is 5.79. The molecule has 1 aromatic rings. The molecule has 4 nitrogen and oxygen atoms in total. The lowest BCUT2D eigenvalue weighted by molar-refractivity contribution is 0.296. The summed E-state index contributed by atoms with van der Waals surface area (Å²) < 4.78 is 35.2. The molecule has 0 unspecified atom stereocenters. The first-order valence-corrected chi connectivity index (χ1v) is 16.0. The molecule has 204 valence electrons. The Bertz CT molecular complexity index is 774. The van der Waals surface area contributed by atoms with Crippen molar-refractivity contribution in [3.63, 3.8) is 0 Å². The Morgan fingerprint density at radius 1 is 0.743 bits per heavy atom. The van der Waals surface area contributed by atoms with Crippen LogP contribution in [0.4, 0.5) is 0 Å². The highest BCUT2D eigenvalue weighted by Gasteiger charge is 2.26. The fourth-order valence-corrected chi connectivity index (χ4v) is 5.69. The molecule has 0 fully saturated rings. The predicted molar refractivity (Wildman–Crippen MR) is 151 cm³/mol. The zero-order chi connectivity index (χ0) is 26.0. The van der Waals surface area contributed by atoms with E-state index in [-0.39, 0.29) is 5.41 Å². The van der Waals surface area contributed by atoms with Crippen LogP contribution in [0.15, 0.2) is 23.1 Å². The molecule has 0 spiro atoms. The van der Waals surface area contributed by atoms with Crippen molar-refractivity contribution >= 4 is 10.0 Å². The standard InChI is InChI=1S/C30H55NO3S/c1-6-9-12-13-14-15-16-17-18-20-25-34-28-22-21-27(30(4,5)23-19-10-7-2)26-29(28)35(32,33)31-24-11-8-3/h21-22,26,31H,6-20,23-25H2,1-5H3. The minimum atomic E-state index is -3.61. The Labute approximate surface area is 218 Å². The van der Waals surface area contributed by atoms with Crippen molar-refractivity contribution in [3.05, 3.63) is 23.8 Å². The molecule has 0 bridgehead atoms. The highest BCUT2D eigenvalue weighted by Crippen LogP contribution is 2.34. The van der Waals surface area contributed by atoms with Gasteiger partial charge >= 0.3 is 0 Å². The van der Waals surface area contributed by atoms with Crippen molar-refractivity contribution in [2.24, 2.45) is 0 Å². The number of ether oxygens (including phenoxy) is 1. The second-order valence-electron chi connectivity index (χ2n) is 10.8. The van der Waals surface area contributed by atoms with Crippen LogP contribution in [-0.2, 0) is 15.4 Å². The first-order valence-electron chi connectivity index (χ1n) is 14.6. The van der Waals surface area contributed by atoms with Gasteiger partial charge in [-0.25, -0.2) is 13.1 Å². The number of hydrogen-bond acceptors (Lipinski definition) is 3. The van der Waals surface area contributed by atoms with Gasteiger partial charge in [-0.2, -0.15) is 0 Å². The molecular weight excluding hydrogens is 454 g/mol. The number of hydrogen-bond donors (Lipinski definition) is 1. The summed E-state index contributed by atoms with van der Waals surface area (Å²) in [6.45, 7) is 12.0. The third-order valence-corrected chi connectivity index (χ3v) is 8.48. The van der Waals surface area contributed by atoms with Crippen LogP contribution in [0.2, 0.25) is 0 Å². The maximum atomic E-state index is 13.2. The van der Waals surface area contributed by atoms with Gasteiger partial charge in [-0.3, -0.25) is 0 Å². The molecule has 0 saturated heterocycles. The molecular formula is C30H55NO3S. The number of rotatable bonds is 22. The lowest BCUT2D eigenvalue weighted by Crippen LogP contribution is -2.26. The van der Waals surface area contributed by atoms with Crippen LogP contribution in [0.1, 0.15) is 143 Å². The van der Waals surface area contributed by atoms with E-state index in [4.69, 9.17) is 4.74 Å². The minimum Gasteiger partial charge on any atom is -0.492 e. The van der Waals surface area contributed by atoms with Gasteiger partial charge in [0.2, 0.25) is 10.0 Å². The van der Waals surface area contributed by atoms with Crippen LogP contribution in [0.25, 0.3) is 0 Å². The molecule has 0 aliphatic carbocycles. The Kier molecular flexibility index (Phi) is 16.6. The fraction of sp³-hybridized carbons (Fsp3) is 0.800. The fourth-order valence-electron chi connectivity index (χ4n) is 4.45. The summed E-state index contributed by atoms with van der Waals surface area (Å²) in [5.41, 5.74) is 0.994. The molecule has 0 aromatic heterocycles. The van der Waals surface area contributed by atoms with E-state index in [1.807, 2.05) is 12.1 Å². The highest BCUT2D eigenvalue weighted by atomic mass is 32.2. The number of nitrogens with one attached hydrogen (secondary N) is 1. The predicted octanol–water partition coefficient (Wildman–Crippen LogP) is 8.92. The van der Waals surface area contributed by atoms with E-state index >= 15 is 0 Å². The van der Waals surface area contributed by atoms with Crippen molar-refractivity contribution < 1.29 is 13.2 Å². The quantitative estimate of drug-likeness (QED) is 0.159. The van der Waals surface area contributed by atoms with Gasteiger partial charge in [-0.15, -0.1) is 0 Å². The molecule has 0 amide bonds. The topological polar surface area (TPSA) is 55.4 Å². The van der Waals surface area contributed by atoms with Gasteiger partial charge in [0.15, 0.2) is 0 Å². The molecule has 0 aliphatic heterocycles. The van der Waals surface area contributed by atoms with Crippen molar-refractivity contribution in [1.29, 1.82) is 0 Å². The van der Waals surface area contributed by atoms with Crippen LogP contribution in [-0.4, -0.2) is 21.6 Å². The van der Waals surface area contributed by atoms with Gasteiger partial charge in [0, 0.05) is 6.54 Å². The molecule has 0 saturated carbocycles. The van der Waals surface area contributed by atoms with Gasteiger partial charge in [-0.1, -0.05) is 124 Å². The first kappa shape index (κ1) is 32.0. The first-order chi connectivity index (χ1) is 16.8. The van der Waals surface area contributed by atoms with E-state index in [1.165, 1.54) is 64.2 Å². The second kappa shape index (κ2) is 18.2. The van der Waals surface area contributed by atoms with Gasteiger partial charge in [0.05, 0.1) is 6.61 Å².